The molecule has 2 heterocycles. The number of nitrogens with two attached hydrogens (primary N) is 1. The molecule has 3 rings (SSSR count). The highest BCUT2D eigenvalue weighted by atomic mass is 32.2. The number of aryl methyl sites for hydroxylation is 1. The molecule has 0 bridgehead atoms. The van der Waals surface area contributed by atoms with Crippen molar-refractivity contribution in [1.82, 2.24) is 14.8 Å². The SMILES string of the molecule is NC(=O)CCc1nnc(SCCOc2ccccc2F)n1CC1CCCO1. The Morgan fingerprint density at radius 1 is 1.41 bits per heavy atom. The van der Waals surface area contributed by atoms with Crippen molar-refractivity contribution < 1.29 is 18.7 Å². The number of benzene rings is 1. The van der Waals surface area contributed by atoms with Crippen molar-refractivity contribution in [2.75, 3.05) is 19.0 Å². The molecule has 1 aliphatic heterocycles. The van der Waals surface area contributed by atoms with Crippen molar-refractivity contribution in [1.29, 1.82) is 0 Å². The van der Waals surface area contributed by atoms with Crippen LogP contribution in [0.5, 0.6) is 5.75 Å². The van der Waals surface area contributed by atoms with Crippen LogP contribution in [0.25, 0.3) is 0 Å². The summed E-state index contributed by atoms with van der Waals surface area (Å²) in [4.78, 5) is 11.1. The van der Waals surface area contributed by atoms with Crippen LogP contribution < -0.4 is 10.5 Å². The highest BCUT2D eigenvalue weighted by Crippen LogP contribution is 2.22. The topological polar surface area (TPSA) is 92.3 Å². The number of hydrogen-bond donors (Lipinski definition) is 1. The van der Waals surface area contributed by atoms with Gasteiger partial charge in [0.1, 0.15) is 5.82 Å². The Hall–Kier alpha value is -2.13. The average Bonchev–Trinajstić information content (AvgIpc) is 3.29. The molecule has 2 aromatic rings. The van der Waals surface area contributed by atoms with E-state index in [-0.39, 0.29) is 30.0 Å². The molecule has 0 aliphatic carbocycles. The normalized spacial score (nSPS) is 16.6. The number of aromatic nitrogens is 3. The second kappa shape index (κ2) is 9.70. The van der Waals surface area contributed by atoms with Crippen molar-refractivity contribution >= 4 is 17.7 Å². The number of carbonyl (C=O) groups is 1. The first-order valence-corrected chi connectivity index (χ1v) is 9.94. The van der Waals surface area contributed by atoms with E-state index in [1.54, 1.807) is 18.2 Å². The molecule has 7 nitrogen and oxygen atoms in total. The monoisotopic (exact) mass is 394 g/mol. The van der Waals surface area contributed by atoms with Crippen LogP contribution in [-0.2, 0) is 22.5 Å². The van der Waals surface area contributed by atoms with Gasteiger partial charge in [-0.3, -0.25) is 4.79 Å². The molecule has 1 amide bonds. The van der Waals surface area contributed by atoms with Gasteiger partial charge >= 0.3 is 0 Å². The Bertz CT molecular complexity index is 765. The molecule has 0 saturated carbocycles. The number of halogens is 1. The smallest absolute Gasteiger partial charge is 0.217 e. The predicted molar refractivity (Wildman–Crippen MR) is 99.1 cm³/mol. The molecule has 0 spiro atoms. The second-order valence-corrected chi connectivity index (χ2v) is 7.30. The van der Waals surface area contributed by atoms with Gasteiger partial charge in [0.2, 0.25) is 5.91 Å². The predicted octanol–water partition coefficient (Wildman–Crippen LogP) is 2.19. The van der Waals surface area contributed by atoms with E-state index in [0.29, 0.717) is 25.3 Å². The van der Waals surface area contributed by atoms with Gasteiger partial charge in [0, 0.05) is 25.2 Å². The number of carbonyl (C=O) groups excluding carboxylic acids is 1. The number of nitrogens with zero attached hydrogens (tertiary/aromatic N) is 3. The van der Waals surface area contributed by atoms with E-state index in [1.165, 1.54) is 17.8 Å². The maximum atomic E-state index is 13.6. The van der Waals surface area contributed by atoms with Crippen LogP contribution in [0.15, 0.2) is 29.4 Å². The fourth-order valence-electron chi connectivity index (χ4n) is 2.87. The summed E-state index contributed by atoms with van der Waals surface area (Å²) in [6.45, 7) is 1.76. The number of thioether (sulfide) groups is 1. The summed E-state index contributed by atoms with van der Waals surface area (Å²) in [5.74, 6) is 0.809. The minimum Gasteiger partial charge on any atom is -0.490 e. The molecule has 1 aromatic heterocycles. The molecule has 0 radical (unpaired) electrons. The number of rotatable bonds is 10. The first-order chi connectivity index (χ1) is 13.1. The van der Waals surface area contributed by atoms with Gasteiger partial charge in [-0.05, 0) is 25.0 Å². The molecule has 1 saturated heterocycles. The number of amides is 1. The lowest BCUT2D eigenvalue weighted by Crippen LogP contribution is -2.19. The van der Waals surface area contributed by atoms with Gasteiger partial charge in [-0.15, -0.1) is 10.2 Å². The molecule has 146 valence electrons. The van der Waals surface area contributed by atoms with E-state index in [4.69, 9.17) is 15.2 Å². The van der Waals surface area contributed by atoms with Gasteiger partial charge in [0.05, 0.1) is 19.3 Å². The Morgan fingerprint density at radius 2 is 2.26 bits per heavy atom. The summed E-state index contributed by atoms with van der Waals surface area (Å²) in [5, 5.41) is 9.18. The van der Waals surface area contributed by atoms with Crippen molar-refractivity contribution in [2.45, 2.75) is 43.5 Å². The van der Waals surface area contributed by atoms with Crippen LogP contribution in [-0.4, -0.2) is 45.7 Å². The van der Waals surface area contributed by atoms with E-state index < -0.39 is 0 Å². The van der Waals surface area contributed by atoms with Crippen LogP contribution in [0, 0.1) is 5.82 Å². The van der Waals surface area contributed by atoms with Crippen molar-refractivity contribution in [3.63, 3.8) is 0 Å². The molecule has 2 N–H and O–H groups in total. The number of hydrogen-bond acceptors (Lipinski definition) is 6. The Morgan fingerprint density at radius 3 is 3.00 bits per heavy atom. The van der Waals surface area contributed by atoms with Gasteiger partial charge in [-0.2, -0.15) is 0 Å². The van der Waals surface area contributed by atoms with Gasteiger partial charge in [0.25, 0.3) is 0 Å². The third-order valence-corrected chi connectivity index (χ3v) is 5.14. The zero-order chi connectivity index (χ0) is 19.1. The van der Waals surface area contributed by atoms with Crippen molar-refractivity contribution in [3.8, 4) is 5.75 Å². The van der Waals surface area contributed by atoms with Gasteiger partial charge in [-0.25, -0.2) is 4.39 Å². The first kappa shape index (κ1) is 19.6. The highest BCUT2D eigenvalue weighted by Gasteiger charge is 2.21. The van der Waals surface area contributed by atoms with E-state index in [2.05, 4.69) is 10.2 Å². The lowest BCUT2D eigenvalue weighted by Gasteiger charge is -2.14. The summed E-state index contributed by atoms with van der Waals surface area (Å²) in [5.41, 5.74) is 5.25. The van der Waals surface area contributed by atoms with Gasteiger partial charge in [0.15, 0.2) is 16.7 Å². The second-order valence-electron chi connectivity index (χ2n) is 6.24. The lowest BCUT2D eigenvalue weighted by atomic mass is 10.2. The van der Waals surface area contributed by atoms with E-state index >= 15 is 0 Å². The quantitative estimate of drug-likeness (QED) is 0.491. The number of ether oxygens (including phenoxy) is 2. The van der Waals surface area contributed by atoms with E-state index in [9.17, 15) is 9.18 Å². The third-order valence-electron chi connectivity index (χ3n) is 4.21. The summed E-state index contributed by atoms with van der Waals surface area (Å²) in [7, 11) is 0. The van der Waals surface area contributed by atoms with Gasteiger partial charge in [-0.1, -0.05) is 23.9 Å². The van der Waals surface area contributed by atoms with Crippen LogP contribution in [0.3, 0.4) is 0 Å². The summed E-state index contributed by atoms with van der Waals surface area (Å²) >= 11 is 1.48. The molecular weight excluding hydrogens is 371 g/mol. The van der Waals surface area contributed by atoms with E-state index in [1.807, 2.05) is 4.57 Å². The zero-order valence-corrected chi connectivity index (χ0v) is 15.8. The number of primary amides is 1. The van der Waals surface area contributed by atoms with Crippen LogP contribution in [0.1, 0.15) is 25.1 Å². The fraction of sp³-hybridized carbons (Fsp3) is 0.500. The van der Waals surface area contributed by atoms with Crippen LogP contribution in [0.2, 0.25) is 0 Å². The molecule has 1 fully saturated rings. The Balaban J connectivity index is 1.59. The first-order valence-electron chi connectivity index (χ1n) is 8.95. The highest BCUT2D eigenvalue weighted by molar-refractivity contribution is 7.99. The van der Waals surface area contributed by atoms with Crippen molar-refractivity contribution in [2.24, 2.45) is 5.73 Å². The Kier molecular flexibility index (Phi) is 7.05. The number of para-hydroxylation sites is 1. The fourth-order valence-corrected chi connectivity index (χ4v) is 3.65. The molecule has 9 heteroatoms. The molecule has 1 aromatic carbocycles. The summed E-state index contributed by atoms with van der Waals surface area (Å²) < 4.78 is 26.8. The van der Waals surface area contributed by atoms with Crippen molar-refractivity contribution in [3.05, 3.63) is 35.9 Å². The lowest BCUT2D eigenvalue weighted by molar-refractivity contribution is -0.118. The maximum Gasteiger partial charge on any atom is 0.217 e. The standard InChI is InChI=1S/C18H23FN4O3S/c19-14-5-1-2-6-15(14)26-10-11-27-18-22-21-17(8-7-16(20)24)23(18)12-13-4-3-9-25-13/h1-2,5-6,13H,3-4,7-12H2,(H2,20,24). The minimum atomic E-state index is -0.377. The Labute approximate surface area is 161 Å². The average molecular weight is 394 g/mol. The molecule has 1 aliphatic rings. The van der Waals surface area contributed by atoms with Crippen LogP contribution in [0.4, 0.5) is 4.39 Å². The largest absolute Gasteiger partial charge is 0.490 e. The minimum absolute atomic E-state index is 0.127. The molecular formula is C18H23FN4O3S. The molecule has 27 heavy (non-hydrogen) atoms. The summed E-state index contributed by atoms with van der Waals surface area (Å²) in [6, 6.07) is 6.32. The van der Waals surface area contributed by atoms with Gasteiger partial charge < -0.3 is 19.8 Å². The zero-order valence-electron chi connectivity index (χ0n) is 15.0. The van der Waals surface area contributed by atoms with Crippen LogP contribution >= 0.6 is 11.8 Å². The summed E-state index contributed by atoms with van der Waals surface area (Å²) in [6.07, 6.45) is 2.84. The third kappa shape index (κ3) is 5.67. The maximum absolute atomic E-state index is 13.6. The molecule has 1 atom stereocenters. The van der Waals surface area contributed by atoms with E-state index in [0.717, 1.165) is 30.4 Å². The molecule has 1 unspecified atom stereocenters.